The van der Waals surface area contributed by atoms with Crippen molar-refractivity contribution in [1.29, 1.82) is 0 Å². The van der Waals surface area contributed by atoms with Gasteiger partial charge in [0.2, 0.25) is 0 Å². The summed E-state index contributed by atoms with van der Waals surface area (Å²) in [6.07, 6.45) is 4.10. The summed E-state index contributed by atoms with van der Waals surface area (Å²) in [6, 6.07) is 8.08. The third-order valence-electron chi connectivity index (χ3n) is 4.86. The van der Waals surface area contributed by atoms with Crippen LogP contribution in [-0.2, 0) is 10.8 Å². The first-order valence-corrected chi connectivity index (χ1v) is 10.4. The van der Waals surface area contributed by atoms with Gasteiger partial charge in [0, 0.05) is 22.3 Å². The highest BCUT2D eigenvalue weighted by Gasteiger charge is 2.31. The zero-order chi connectivity index (χ0) is 22.7. The van der Waals surface area contributed by atoms with Gasteiger partial charge in [-0.2, -0.15) is 0 Å². The Bertz CT molecular complexity index is 923. The molecule has 2 N–H and O–H groups in total. The fourth-order valence-electron chi connectivity index (χ4n) is 3.31. The average Bonchev–Trinajstić information content (AvgIpc) is 2.63. The molecule has 0 atom stereocenters. The molecule has 162 valence electrons. The monoisotopic (exact) mass is 410 g/mol. The zero-order valence-electron chi connectivity index (χ0n) is 19.2. The Balaban J connectivity index is 2.65. The molecular formula is C26H34O4. The van der Waals surface area contributed by atoms with Crippen LogP contribution in [0.2, 0.25) is 0 Å². The number of ether oxygens (including phenoxy) is 1. The Labute approximate surface area is 180 Å². The van der Waals surface area contributed by atoms with E-state index in [9.17, 15) is 15.0 Å². The molecule has 4 heteroatoms. The lowest BCUT2D eigenvalue weighted by atomic mass is 9.77. The molecule has 0 fully saturated rings. The largest absolute Gasteiger partial charge is 0.508 e. The molecule has 2 aromatic rings. The second kappa shape index (κ2) is 8.95. The van der Waals surface area contributed by atoms with E-state index in [1.807, 2.05) is 33.8 Å². The van der Waals surface area contributed by atoms with Gasteiger partial charge in [-0.05, 0) is 59.7 Å². The first kappa shape index (κ1) is 23.5. The third-order valence-corrected chi connectivity index (χ3v) is 4.86. The van der Waals surface area contributed by atoms with Gasteiger partial charge in [-0.15, -0.1) is 0 Å². The molecule has 2 rings (SSSR count). The first-order chi connectivity index (χ1) is 13.9. The van der Waals surface area contributed by atoms with Crippen molar-refractivity contribution in [2.45, 2.75) is 65.7 Å². The van der Waals surface area contributed by atoms with Crippen LogP contribution in [0, 0.1) is 0 Å². The lowest BCUT2D eigenvalue weighted by molar-refractivity contribution is 0.104. The van der Waals surface area contributed by atoms with Gasteiger partial charge in [-0.3, -0.25) is 4.79 Å². The number of carbonyl (C=O) groups is 1. The van der Waals surface area contributed by atoms with Crippen LogP contribution in [0.1, 0.15) is 81.9 Å². The maximum Gasteiger partial charge on any atom is 0.185 e. The molecule has 0 amide bonds. The molecule has 4 nitrogen and oxygen atoms in total. The summed E-state index contributed by atoms with van der Waals surface area (Å²) >= 11 is 0. The number of hydrogen-bond acceptors (Lipinski definition) is 4. The molecule has 0 radical (unpaired) electrons. The molecule has 0 aromatic heterocycles. The average molecular weight is 411 g/mol. The minimum absolute atomic E-state index is 0.119. The van der Waals surface area contributed by atoms with E-state index in [0.29, 0.717) is 17.9 Å². The van der Waals surface area contributed by atoms with E-state index >= 15 is 0 Å². The lowest BCUT2D eigenvalue weighted by Gasteiger charge is -2.30. The van der Waals surface area contributed by atoms with Gasteiger partial charge in [0.15, 0.2) is 5.78 Å². The number of hydrogen-bond donors (Lipinski definition) is 2. The number of carbonyl (C=O) groups excluding carboxylic acids is 1. The summed E-state index contributed by atoms with van der Waals surface area (Å²) in [4.78, 5) is 12.6. The molecule has 2 aromatic carbocycles. The molecular weight excluding hydrogens is 376 g/mol. The molecule has 0 saturated carbocycles. The molecule has 0 bridgehead atoms. The number of rotatable bonds is 6. The quantitative estimate of drug-likeness (QED) is 0.428. The summed E-state index contributed by atoms with van der Waals surface area (Å²) < 4.78 is 6.09. The first-order valence-electron chi connectivity index (χ1n) is 10.4. The van der Waals surface area contributed by atoms with E-state index in [0.717, 1.165) is 23.1 Å². The molecule has 0 aliphatic carbocycles. The van der Waals surface area contributed by atoms with Crippen molar-refractivity contribution in [2.75, 3.05) is 6.61 Å². The highest BCUT2D eigenvalue weighted by atomic mass is 16.5. The van der Waals surface area contributed by atoms with E-state index in [4.69, 9.17) is 4.74 Å². The predicted molar refractivity (Wildman–Crippen MR) is 123 cm³/mol. The second-order valence-corrected chi connectivity index (χ2v) is 9.66. The van der Waals surface area contributed by atoms with Crippen LogP contribution in [-0.4, -0.2) is 22.6 Å². The van der Waals surface area contributed by atoms with Crippen LogP contribution in [0.4, 0.5) is 0 Å². The van der Waals surface area contributed by atoms with Crippen LogP contribution in [0.25, 0.3) is 6.08 Å². The molecule has 0 aliphatic rings. The van der Waals surface area contributed by atoms with Gasteiger partial charge in [0.25, 0.3) is 0 Å². The van der Waals surface area contributed by atoms with Crippen LogP contribution < -0.4 is 4.74 Å². The molecule has 0 saturated heterocycles. The summed E-state index contributed by atoms with van der Waals surface area (Å²) in [7, 11) is 0. The Morgan fingerprint density at radius 2 is 1.60 bits per heavy atom. The number of phenols is 2. The highest BCUT2D eigenvalue weighted by Crippen LogP contribution is 2.46. The Hall–Kier alpha value is -2.75. The minimum Gasteiger partial charge on any atom is -0.508 e. The van der Waals surface area contributed by atoms with Gasteiger partial charge >= 0.3 is 0 Å². The summed E-state index contributed by atoms with van der Waals surface area (Å²) in [5.74, 6) is 0.820. The lowest BCUT2D eigenvalue weighted by Crippen LogP contribution is -2.19. The topological polar surface area (TPSA) is 66.8 Å². The molecule has 0 spiro atoms. The normalized spacial score (nSPS) is 12.4. The maximum atomic E-state index is 12.6. The minimum atomic E-state index is -0.349. The molecule has 0 aliphatic heterocycles. The number of benzene rings is 2. The van der Waals surface area contributed by atoms with Crippen LogP contribution >= 0.6 is 0 Å². The SMILES string of the molecule is CCCOc1c(/C=C/C(=O)c2ccc(O)cc2)cc(C(C)(C)C)c(O)c1C(C)(C)C. The van der Waals surface area contributed by atoms with Gasteiger partial charge in [-0.1, -0.05) is 48.5 Å². The van der Waals surface area contributed by atoms with Crippen molar-refractivity contribution in [3.63, 3.8) is 0 Å². The summed E-state index contributed by atoms with van der Waals surface area (Å²) in [5.41, 5.74) is 2.19. The van der Waals surface area contributed by atoms with E-state index < -0.39 is 0 Å². The molecule has 0 unspecified atom stereocenters. The van der Waals surface area contributed by atoms with E-state index in [1.165, 1.54) is 18.2 Å². The van der Waals surface area contributed by atoms with Crippen molar-refractivity contribution in [3.8, 4) is 17.2 Å². The number of allylic oxidation sites excluding steroid dienone is 1. The van der Waals surface area contributed by atoms with Crippen molar-refractivity contribution >= 4 is 11.9 Å². The predicted octanol–water partition coefficient (Wildman–Crippen LogP) is 6.38. The van der Waals surface area contributed by atoms with Gasteiger partial charge in [0.05, 0.1) is 6.61 Å². The number of aromatic hydroxyl groups is 2. The highest BCUT2D eigenvalue weighted by molar-refractivity contribution is 6.07. The third kappa shape index (κ3) is 5.44. The van der Waals surface area contributed by atoms with Gasteiger partial charge in [0.1, 0.15) is 17.2 Å². The van der Waals surface area contributed by atoms with E-state index in [1.54, 1.807) is 18.2 Å². The van der Waals surface area contributed by atoms with Crippen LogP contribution in [0.15, 0.2) is 36.4 Å². The molecule has 0 heterocycles. The van der Waals surface area contributed by atoms with Crippen molar-refractivity contribution in [3.05, 3.63) is 58.7 Å². The second-order valence-electron chi connectivity index (χ2n) is 9.66. The van der Waals surface area contributed by atoms with E-state index in [-0.39, 0.29) is 28.1 Å². The number of phenolic OH excluding ortho intramolecular Hbond substituents is 2. The van der Waals surface area contributed by atoms with Crippen LogP contribution in [0.5, 0.6) is 17.2 Å². The summed E-state index contributed by atoms with van der Waals surface area (Å²) in [5, 5.41) is 20.6. The van der Waals surface area contributed by atoms with Crippen molar-refractivity contribution < 1.29 is 19.7 Å². The van der Waals surface area contributed by atoms with Gasteiger partial charge in [-0.25, -0.2) is 0 Å². The van der Waals surface area contributed by atoms with Crippen LogP contribution in [0.3, 0.4) is 0 Å². The Morgan fingerprint density at radius 1 is 1.00 bits per heavy atom. The Kier molecular flexibility index (Phi) is 7.02. The Morgan fingerprint density at radius 3 is 2.10 bits per heavy atom. The fourth-order valence-corrected chi connectivity index (χ4v) is 3.31. The van der Waals surface area contributed by atoms with Crippen molar-refractivity contribution in [1.82, 2.24) is 0 Å². The molecule has 30 heavy (non-hydrogen) atoms. The number of ketones is 1. The van der Waals surface area contributed by atoms with Gasteiger partial charge < -0.3 is 14.9 Å². The summed E-state index contributed by atoms with van der Waals surface area (Å²) in [6.45, 7) is 14.8. The zero-order valence-corrected chi connectivity index (χ0v) is 19.2. The fraction of sp³-hybridized carbons (Fsp3) is 0.423. The maximum absolute atomic E-state index is 12.6. The smallest absolute Gasteiger partial charge is 0.185 e. The standard InChI is InChI=1S/C26H34O4/c1-8-15-30-24-18(11-14-21(28)17-9-12-19(27)13-10-17)16-20(25(2,3)4)23(29)22(24)26(5,6)7/h9-14,16,27,29H,8,15H2,1-7H3/b14-11+. The van der Waals surface area contributed by atoms with Crippen molar-refractivity contribution in [2.24, 2.45) is 0 Å². The van der Waals surface area contributed by atoms with E-state index in [2.05, 4.69) is 20.8 Å².